The predicted octanol–water partition coefficient (Wildman–Crippen LogP) is 5.67. The van der Waals surface area contributed by atoms with Crippen LogP contribution in [-0.2, 0) is 0 Å². The third-order valence-electron chi connectivity index (χ3n) is 4.82. The van der Waals surface area contributed by atoms with Gasteiger partial charge in [-0.3, -0.25) is 0 Å². The van der Waals surface area contributed by atoms with Crippen molar-refractivity contribution in [3.63, 3.8) is 0 Å². The number of hydrogen-bond donors (Lipinski definition) is 0. The van der Waals surface area contributed by atoms with E-state index in [1.165, 1.54) is 44.9 Å². The van der Waals surface area contributed by atoms with Gasteiger partial charge in [-0.1, -0.05) is 60.3 Å². The highest BCUT2D eigenvalue weighted by atomic mass is 14.4. The Morgan fingerprint density at radius 3 is 2.19 bits per heavy atom. The largest absolute Gasteiger partial charge is 0.0654 e. The maximum atomic E-state index is 2.43. The van der Waals surface area contributed by atoms with Gasteiger partial charge in [-0.2, -0.15) is 0 Å². The van der Waals surface area contributed by atoms with Crippen LogP contribution in [0.5, 0.6) is 0 Å². The lowest BCUT2D eigenvalue weighted by atomic mass is 9.64. The summed E-state index contributed by atoms with van der Waals surface area (Å²) < 4.78 is 0. The van der Waals surface area contributed by atoms with Crippen LogP contribution in [0, 0.1) is 23.2 Å². The molecule has 3 unspecified atom stereocenters. The lowest BCUT2D eigenvalue weighted by molar-refractivity contribution is 0.0905. The molecule has 1 fully saturated rings. The normalized spacial score (nSPS) is 31.7. The standard InChI is InChI=1S/C16H32/c1-6-8-9-14-10-11-15(16(3,4)5)12-13(14)7-2/h13-15H,6-12H2,1-5H3. The summed E-state index contributed by atoms with van der Waals surface area (Å²) in [5, 5.41) is 0. The van der Waals surface area contributed by atoms with E-state index in [-0.39, 0.29) is 0 Å². The molecule has 0 aliphatic heterocycles. The fourth-order valence-electron chi connectivity index (χ4n) is 3.46. The fraction of sp³-hybridized carbons (Fsp3) is 1.00. The van der Waals surface area contributed by atoms with Gasteiger partial charge in [-0.25, -0.2) is 0 Å². The molecule has 1 aliphatic rings. The van der Waals surface area contributed by atoms with Crippen LogP contribution in [0.3, 0.4) is 0 Å². The van der Waals surface area contributed by atoms with Gasteiger partial charge in [0.2, 0.25) is 0 Å². The highest BCUT2D eigenvalue weighted by molar-refractivity contribution is 4.85. The van der Waals surface area contributed by atoms with Crippen molar-refractivity contribution >= 4 is 0 Å². The molecule has 3 atom stereocenters. The van der Waals surface area contributed by atoms with Gasteiger partial charge in [0, 0.05) is 0 Å². The molecular formula is C16H32. The van der Waals surface area contributed by atoms with E-state index < -0.39 is 0 Å². The summed E-state index contributed by atoms with van der Waals surface area (Å²) in [4.78, 5) is 0. The molecule has 0 N–H and O–H groups in total. The van der Waals surface area contributed by atoms with Gasteiger partial charge >= 0.3 is 0 Å². The highest BCUT2D eigenvalue weighted by Gasteiger charge is 2.34. The van der Waals surface area contributed by atoms with Gasteiger partial charge in [0.15, 0.2) is 0 Å². The van der Waals surface area contributed by atoms with Gasteiger partial charge < -0.3 is 0 Å². The van der Waals surface area contributed by atoms with Crippen molar-refractivity contribution in [3.05, 3.63) is 0 Å². The van der Waals surface area contributed by atoms with Crippen LogP contribution in [0.1, 0.15) is 79.6 Å². The summed E-state index contributed by atoms with van der Waals surface area (Å²) in [7, 11) is 0. The smallest absolute Gasteiger partial charge is 0.0354 e. The van der Waals surface area contributed by atoms with E-state index in [9.17, 15) is 0 Å². The van der Waals surface area contributed by atoms with Crippen LogP contribution in [0.4, 0.5) is 0 Å². The van der Waals surface area contributed by atoms with Crippen LogP contribution >= 0.6 is 0 Å². The molecule has 0 aromatic heterocycles. The van der Waals surface area contributed by atoms with E-state index in [1.54, 1.807) is 0 Å². The van der Waals surface area contributed by atoms with E-state index >= 15 is 0 Å². The second kappa shape index (κ2) is 6.07. The Balaban J connectivity index is 2.50. The number of rotatable bonds is 4. The van der Waals surface area contributed by atoms with Crippen molar-refractivity contribution in [3.8, 4) is 0 Å². The van der Waals surface area contributed by atoms with Crippen LogP contribution in [-0.4, -0.2) is 0 Å². The van der Waals surface area contributed by atoms with Crippen molar-refractivity contribution in [2.24, 2.45) is 23.2 Å². The molecule has 1 rings (SSSR count). The summed E-state index contributed by atoms with van der Waals surface area (Å²) in [5.74, 6) is 3.03. The molecule has 0 heterocycles. The third-order valence-corrected chi connectivity index (χ3v) is 4.82. The molecule has 96 valence electrons. The first-order valence-electron chi connectivity index (χ1n) is 7.49. The quantitative estimate of drug-likeness (QED) is 0.577. The minimum Gasteiger partial charge on any atom is -0.0654 e. The lowest BCUT2D eigenvalue weighted by Crippen LogP contribution is -2.31. The third kappa shape index (κ3) is 3.79. The molecule has 0 aromatic carbocycles. The Kier molecular flexibility index (Phi) is 5.34. The molecule has 0 aromatic rings. The average molecular weight is 224 g/mol. The fourth-order valence-corrected chi connectivity index (χ4v) is 3.46. The Labute approximate surface area is 103 Å². The molecule has 16 heavy (non-hydrogen) atoms. The zero-order chi connectivity index (χ0) is 12.2. The lowest BCUT2D eigenvalue weighted by Gasteiger charge is -2.42. The predicted molar refractivity (Wildman–Crippen MR) is 73.6 cm³/mol. The molecule has 0 bridgehead atoms. The van der Waals surface area contributed by atoms with E-state index in [2.05, 4.69) is 34.6 Å². The second-order valence-corrected chi connectivity index (χ2v) is 6.95. The number of hydrogen-bond acceptors (Lipinski definition) is 0. The molecule has 0 spiro atoms. The maximum absolute atomic E-state index is 2.43. The van der Waals surface area contributed by atoms with Crippen molar-refractivity contribution in [1.29, 1.82) is 0 Å². The van der Waals surface area contributed by atoms with E-state index in [0.717, 1.165) is 17.8 Å². The van der Waals surface area contributed by atoms with Gasteiger partial charge in [0.05, 0.1) is 0 Å². The molecule has 0 radical (unpaired) electrons. The van der Waals surface area contributed by atoms with Crippen molar-refractivity contribution in [2.45, 2.75) is 79.6 Å². The SMILES string of the molecule is CCCCC1CCC(C(C)(C)C)CC1CC. The van der Waals surface area contributed by atoms with Crippen LogP contribution < -0.4 is 0 Å². The topological polar surface area (TPSA) is 0 Å². The summed E-state index contributed by atoms with van der Waals surface area (Å²) in [6.07, 6.45) is 10.2. The van der Waals surface area contributed by atoms with Gasteiger partial charge in [-0.05, 0) is 42.4 Å². The molecule has 0 amide bonds. The van der Waals surface area contributed by atoms with Crippen molar-refractivity contribution in [2.75, 3.05) is 0 Å². The van der Waals surface area contributed by atoms with Gasteiger partial charge in [0.25, 0.3) is 0 Å². The maximum Gasteiger partial charge on any atom is -0.0354 e. The van der Waals surface area contributed by atoms with Crippen LogP contribution in [0.2, 0.25) is 0 Å². The Morgan fingerprint density at radius 2 is 1.69 bits per heavy atom. The van der Waals surface area contributed by atoms with Crippen LogP contribution in [0.15, 0.2) is 0 Å². The van der Waals surface area contributed by atoms with E-state index in [1.807, 2.05) is 0 Å². The summed E-state index contributed by atoms with van der Waals surface area (Å²) in [6, 6.07) is 0. The molecule has 1 aliphatic carbocycles. The Bertz CT molecular complexity index is 187. The van der Waals surface area contributed by atoms with Crippen LogP contribution in [0.25, 0.3) is 0 Å². The highest BCUT2D eigenvalue weighted by Crippen LogP contribution is 2.45. The Hall–Kier alpha value is 0. The van der Waals surface area contributed by atoms with Gasteiger partial charge in [-0.15, -0.1) is 0 Å². The van der Waals surface area contributed by atoms with E-state index in [4.69, 9.17) is 0 Å². The molecule has 1 saturated carbocycles. The minimum atomic E-state index is 0.531. The minimum absolute atomic E-state index is 0.531. The van der Waals surface area contributed by atoms with Crippen molar-refractivity contribution < 1.29 is 0 Å². The second-order valence-electron chi connectivity index (χ2n) is 6.95. The molecular weight excluding hydrogens is 192 g/mol. The van der Waals surface area contributed by atoms with Gasteiger partial charge in [0.1, 0.15) is 0 Å². The first kappa shape index (κ1) is 14.1. The Morgan fingerprint density at radius 1 is 1.00 bits per heavy atom. The zero-order valence-corrected chi connectivity index (χ0v) is 12.2. The average Bonchev–Trinajstić information content (AvgIpc) is 2.24. The van der Waals surface area contributed by atoms with E-state index in [0.29, 0.717) is 5.41 Å². The number of unbranched alkanes of at least 4 members (excludes halogenated alkanes) is 1. The summed E-state index contributed by atoms with van der Waals surface area (Å²) >= 11 is 0. The zero-order valence-electron chi connectivity index (χ0n) is 12.2. The first-order valence-corrected chi connectivity index (χ1v) is 7.49. The first-order chi connectivity index (χ1) is 7.49. The summed E-state index contributed by atoms with van der Waals surface area (Å²) in [5.41, 5.74) is 0.531. The molecule has 0 heteroatoms. The van der Waals surface area contributed by atoms with Crippen molar-refractivity contribution in [1.82, 2.24) is 0 Å². The summed E-state index contributed by atoms with van der Waals surface area (Å²) in [6.45, 7) is 12.0. The molecule has 0 saturated heterocycles. The molecule has 0 nitrogen and oxygen atoms in total. The monoisotopic (exact) mass is 224 g/mol.